The predicted octanol–water partition coefficient (Wildman–Crippen LogP) is 2.67. The topological polar surface area (TPSA) is 49.7 Å². The Morgan fingerprint density at radius 2 is 2.06 bits per heavy atom. The van der Waals surface area contributed by atoms with Gasteiger partial charge >= 0.3 is 0 Å². The van der Waals surface area contributed by atoms with Crippen molar-refractivity contribution in [3.8, 4) is 5.75 Å². The summed E-state index contributed by atoms with van der Waals surface area (Å²) in [6.45, 7) is 0. The average molecular weight is 315 g/mol. The molecule has 1 aromatic carbocycles. The lowest BCUT2D eigenvalue weighted by molar-refractivity contribution is -0.0690. The molecule has 1 aliphatic carbocycles. The Morgan fingerprint density at radius 3 is 2.67 bits per heavy atom. The Hall–Kier alpha value is -0.580. The van der Waals surface area contributed by atoms with Crippen LogP contribution in [0.5, 0.6) is 5.75 Å². The highest BCUT2D eigenvalue weighted by atomic mass is 79.9. The molecule has 1 aliphatic rings. The Kier molecular flexibility index (Phi) is 4.30. The Balaban J connectivity index is 2.13. The number of aliphatic hydroxyl groups excluding tert-OH is 1. The molecule has 100 valence electrons. The third-order valence-electron chi connectivity index (χ3n) is 3.76. The van der Waals surface area contributed by atoms with Crippen molar-refractivity contribution in [3.05, 3.63) is 28.2 Å². The van der Waals surface area contributed by atoms with Crippen LogP contribution in [0.25, 0.3) is 0 Å². The van der Waals surface area contributed by atoms with E-state index in [2.05, 4.69) is 15.9 Å². The monoisotopic (exact) mass is 314 g/mol. The first-order valence-corrected chi connectivity index (χ1v) is 7.07. The number of methoxy groups -OCH3 is 1. The molecule has 0 aromatic heterocycles. The molecule has 1 atom stereocenters. The van der Waals surface area contributed by atoms with Crippen LogP contribution < -0.4 is 4.74 Å². The summed E-state index contributed by atoms with van der Waals surface area (Å²) in [4.78, 5) is 0. The third-order valence-corrected chi connectivity index (χ3v) is 4.53. The highest BCUT2D eigenvalue weighted by Crippen LogP contribution is 2.35. The molecule has 0 saturated heterocycles. The zero-order valence-corrected chi connectivity index (χ0v) is 12.1. The summed E-state index contributed by atoms with van der Waals surface area (Å²) in [5.41, 5.74) is 0.0462. The van der Waals surface area contributed by atoms with Crippen molar-refractivity contribution in [3.63, 3.8) is 0 Å². The molecule has 0 spiro atoms. The summed E-state index contributed by atoms with van der Waals surface area (Å²) in [6, 6.07) is 5.66. The molecule has 0 aliphatic heterocycles. The minimum atomic E-state index is -0.914. The lowest BCUT2D eigenvalue weighted by Crippen LogP contribution is -2.40. The molecule has 18 heavy (non-hydrogen) atoms. The van der Waals surface area contributed by atoms with E-state index in [0.717, 1.165) is 28.6 Å². The molecule has 1 saturated carbocycles. The van der Waals surface area contributed by atoms with Gasteiger partial charge in [0.05, 0.1) is 18.8 Å². The van der Waals surface area contributed by atoms with Crippen LogP contribution in [0.4, 0.5) is 0 Å². The van der Waals surface area contributed by atoms with Gasteiger partial charge in [-0.2, -0.15) is 0 Å². The molecule has 0 amide bonds. The van der Waals surface area contributed by atoms with Crippen LogP contribution in [0, 0.1) is 0 Å². The number of hydrogen-bond donors (Lipinski definition) is 2. The third kappa shape index (κ3) is 2.87. The van der Waals surface area contributed by atoms with E-state index < -0.39 is 11.7 Å². The van der Waals surface area contributed by atoms with Gasteiger partial charge in [-0.05, 0) is 36.6 Å². The molecule has 0 heterocycles. The number of benzene rings is 1. The van der Waals surface area contributed by atoms with Crippen LogP contribution in [-0.2, 0) is 6.42 Å². The summed E-state index contributed by atoms with van der Waals surface area (Å²) in [7, 11) is 1.62. The molecule has 3 nitrogen and oxygen atoms in total. The first kappa shape index (κ1) is 13.8. The Morgan fingerprint density at radius 1 is 1.39 bits per heavy atom. The molecule has 2 N–H and O–H groups in total. The van der Waals surface area contributed by atoms with Gasteiger partial charge in [0.25, 0.3) is 0 Å². The molecule has 0 bridgehead atoms. The first-order valence-electron chi connectivity index (χ1n) is 6.28. The predicted molar refractivity (Wildman–Crippen MR) is 73.8 cm³/mol. The van der Waals surface area contributed by atoms with E-state index in [1.807, 2.05) is 18.2 Å². The van der Waals surface area contributed by atoms with Gasteiger partial charge in [-0.1, -0.05) is 28.8 Å². The van der Waals surface area contributed by atoms with E-state index in [1.54, 1.807) is 7.11 Å². The van der Waals surface area contributed by atoms with E-state index in [0.29, 0.717) is 19.3 Å². The van der Waals surface area contributed by atoms with Crippen molar-refractivity contribution in [1.82, 2.24) is 0 Å². The summed E-state index contributed by atoms with van der Waals surface area (Å²) in [6.07, 6.45) is 3.09. The van der Waals surface area contributed by atoms with Gasteiger partial charge in [0, 0.05) is 10.9 Å². The van der Waals surface area contributed by atoms with E-state index in [-0.39, 0.29) is 0 Å². The highest BCUT2D eigenvalue weighted by molar-refractivity contribution is 9.10. The minimum Gasteiger partial charge on any atom is -0.497 e. The molecule has 2 rings (SSSR count). The normalized spacial score (nSPS) is 19.8. The molecule has 1 unspecified atom stereocenters. The zero-order chi connectivity index (χ0) is 13.2. The first-order chi connectivity index (χ1) is 8.55. The van der Waals surface area contributed by atoms with Gasteiger partial charge in [-0.15, -0.1) is 0 Å². The largest absolute Gasteiger partial charge is 0.497 e. The quantitative estimate of drug-likeness (QED) is 0.898. The summed E-state index contributed by atoms with van der Waals surface area (Å²) in [5.74, 6) is 0.763. The second-order valence-electron chi connectivity index (χ2n) is 4.99. The number of halogens is 1. The van der Waals surface area contributed by atoms with Crippen LogP contribution in [0.2, 0.25) is 0 Å². The second kappa shape index (κ2) is 5.59. The van der Waals surface area contributed by atoms with Crippen molar-refractivity contribution < 1.29 is 14.9 Å². The molecular weight excluding hydrogens is 296 g/mol. The summed E-state index contributed by atoms with van der Waals surface area (Å²) >= 11 is 3.47. The maximum Gasteiger partial charge on any atom is 0.119 e. The summed E-state index contributed by atoms with van der Waals surface area (Å²) in [5, 5.41) is 20.6. The second-order valence-corrected chi connectivity index (χ2v) is 5.84. The Bertz CT molecular complexity index is 414. The van der Waals surface area contributed by atoms with Crippen LogP contribution in [0.3, 0.4) is 0 Å². The minimum absolute atomic E-state index is 0.439. The SMILES string of the molecule is COc1ccc(Br)c(CC(O)C2(O)CCCC2)c1. The fourth-order valence-electron chi connectivity index (χ4n) is 2.55. The lowest BCUT2D eigenvalue weighted by Gasteiger charge is -2.28. The van der Waals surface area contributed by atoms with E-state index in [1.165, 1.54) is 0 Å². The van der Waals surface area contributed by atoms with Crippen LogP contribution in [0.1, 0.15) is 31.2 Å². The molecule has 1 fully saturated rings. The fraction of sp³-hybridized carbons (Fsp3) is 0.571. The molecule has 0 radical (unpaired) electrons. The smallest absolute Gasteiger partial charge is 0.119 e. The van der Waals surface area contributed by atoms with E-state index >= 15 is 0 Å². The standard InChI is InChI=1S/C14H19BrO3/c1-18-11-4-5-12(15)10(8-11)9-13(16)14(17)6-2-3-7-14/h4-5,8,13,16-17H,2-3,6-7,9H2,1H3. The van der Waals surface area contributed by atoms with Crippen molar-refractivity contribution in [2.24, 2.45) is 0 Å². The van der Waals surface area contributed by atoms with Gasteiger partial charge in [-0.3, -0.25) is 0 Å². The van der Waals surface area contributed by atoms with Crippen LogP contribution >= 0.6 is 15.9 Å². The van der Waals surface area contributed by atoms with Crippen molar-refractivity contribution in [2.75, 3.05) is 7.11 Å². The van der Waals surface area contributed by atoms with E-state index in [4.69, 9.17) is 4.74 Å². The molecule has 4 heteroatoms. The van der Waals surface area contributed by atoms with Gasteiger partial charge in [0.1, 0.15) is 5.75 Å². The van der Waals surface area contributed by atoms with Crippen LogP contribution in [-0.4, -0.2) is 29.0 Å². The van der Waals surface area contributed by atoms with Gasteiger partial charge in [0.2, 0.25) is 0 Å². The van der Waals surface area contributed by atoms with Crippen LogP contribution in [0.15, 0.2) is 22.7 Å². The number of rotatable bonds is 4. The maximum absolute atomic E-state index is 10.3. The van der Waals surface area contributed by atoms with Crippen molar-refractivity contribution in [2.45, 2.75) is 43.8 Å². The number of hydrogen-bond acceptors (Lipinski definition) is 3. The van der Waals surface area contributed by atoms with E-state index in [9.17, 15) is 10.2 Å². The van der Waals surface area contributed by atoms with Crippen molar-refractivity contribution in [1.29, 1.82) is 0 Å². The fourth-order valence-corrected chi connectivity index (χ4v) is 2.96. The van der Waals surface area contributed by atoms with Crippen molar-refractivity contribution >= 4 is 15.9 Å². The highest BCUT2D eigenvalue weighted by Gasteiger charge is 2.38. The summed E-state index contributed by atoms with van der Waals surface area (Å²) < 4.78 is 6.11. The van der Waals surface area contributed by atoms with Gasteiger partial charge in [0.15, 0.2) is 0 Å². The lowest BCUT2D eigenvalue weighted by atomic mass is 9.90. The zero-order valence-electron chi connectivity index (χ0n) is 10.5. The average Bonchev–Trinajstić information content (AvgIpc) is 2.80. The molecular formula is C14H19BrO3. The Labute approximate surface area is 116 Å². The molecule has 1 aromatic rings. The number of aliphatic hydroxyl groups is 2. The van der Waals surface area contributed by atoms with Gasteiger partial charge < -0.3 is 14.9 Å². The van der Waals surface area contributed by atoms with Gasteiger partial charge in [-0.25, -0.2) is 0 Å². The number of ether oxygens (including phenoxy) is 1. The maximum atomic E-state index is 10.3.